The van der Waals surface area contributed by atoms with E-state index in [1.54, 1.807) is 11.9 Å². The first-order valence-corrected chi connectivity index (χ1v) is 6.73. The van der Waals surface area contributed by atoms with E-state index < -0.39 is 0 Å². The number of nitrogens with two attached hydrogens (primary N) is 1. The summed E-state index contributed by atoms with van der Waals surface area (Å²) >= 11 is 6.00. The average Bonchev–Trinajstić information content (AvgIpc) is 2.77. The molecule has 1 saturated heterocycles. The number of carbonyl (C=O) groups is 1. The molecular weight excluding hydrogens is 264 g/mol. The van der Waals surface area contributed by atoms with Gasteiger partial charge in [-0.1, -0.05) is 11.6 Å². The Morgan fingerprint density at radius 2 is 2.42 bits per heavy atom. The predicted molar refractivity (Wildman–Crippen MR) is 76.3 cm³/mol. The molecule has 1 aliphatic rings. The third-order valence-electron chi connectivity index (χ3n) is 3.61. The molecule has 2 rings (SSSR count). The number of halogens is 1. The summed E-state index contributed by atoms with van der Waals surface area (Å²) in [6.45, 7) is 1.80. The number of nitrogens with zero attached hydrogens (tertiary/aromatic N) is 3. The molecule has 1 fully saturated rings. The third-order valence-corrected chi connectivity index (χ3v) is 3.91. The summed E-state index contributed by atoms with van der Waals surface area (Å²) in [6, 6.07) is 1.95. The molecule has 0 aromatic carbocycles. The van der Waals surface area contributed by atoms with Gasteiger partial charge in [-0.05, 0) is 32.5 Å². The standard InChI is InChI=1S/C13H19ClN4O/c1-17-5-3-4-9(17)8-18(2)13(19)10-6-12(15)16-7-11(10)14/h6-7,9H,3-5,8H2,1-2H3,(H2,15,16). The van der Waals surface area contributed by atoms with Crippen LogP contribution in [0.5, 0.6) is 0 Å². The van der Waals surface area contributed by atoms with Crippen LogP contribution in [0.1, 0.15) is 23.2 Å². The van der Waals surface area contributed by atoms with Crippen LogP contribution < -0.4 is 5.73 Å². The predicted octanol–water partition coefficient (Wildman–Crippen LogP) is 1.48. The first kappa shape index (κ1) is 14.1. The smallest absolute Gasteiger partial charge is 0.255 e. The summed E-state index contributed by atoms with van der Waals surface area (Å²) in [6.07, 6.45) is 3.73. The van der Waals surface area contributed by atoms with Gasteiger partial charge in [-0.25, -0.2) is 4.98 Å². The van der Waals surface area contributed by atoms with E-state index in [-0.39, 0.29) is 5.91 Å². The zero-order chi connectivity index (χ0) is 14.0. The van der Waals surface area contributed by atoms with Crippen LogP contribution in [0.4, 0.5) is 5.82 Å². The van der Waals surface area contributed by atoms with Gasteiger partial charge in [0.05, 0.1) is 10.6 Å². The van der Waals surface area contributed by atoms with E-state index in [0.29, 0.717) is 29.0 Å². The molecule has 1 aromatic rings. The zero-order valence-electron chi connectivity index (χ0n) is 11.3. The molecule has 1 aliphatic heterocycles. The number of likely N-dealkylation sites (N-methyl/N-ethyl adjacent to an activating group) is 2. The van der Waals surface area contributed by atoms with E-state index in [4.69, 9.17) is 17.3 Å². The number of hydrogen-bond acceptors (Lipinski definition) is 4. The number of rotatable bonds is 3. The lowest BCUT2D eigenvalue weighted by Crippen LogP contribution is -2.39. The molecule has 2 N–H and O–H groups in total. The molecule has 0 aliphatic carbocycles. The summed E-state index contributed by atoms with van der Waals surface area (Å²) in [5.74, 6) is 0.193. The molecule has 6 heteroatoms. The number of likely N-dealkylation sites (tertiary alicyclic amines) is 1. The highest BCUT2D eigenvalue weighted by Crippen LogP contribution is 2.20. The molecule has 0 saturated carbocycles. The zero-order valence-corrected chi connectivity index (χ0v) is 12.0. The Balaban J connectivity index is 2.08. The van der Waals surface area contributed by atoms with Crippen LogP contribution in [0.25, 0.3) is 0 Å². The molecule has 1 aromatic heterocycles. The number of nitrogen functional groups attached to an aromatic ring is 1. The van der Waals surface area contributed by atoms with Crippen LogP contribution in [0.15, 0.2) is 12.3 Å². The minimum atomic E-state index is -0.112. The van der Waals surface area contributed by atoms with Crippen molar-refractivity contribution in [1.82, 2.24) is 14.8 Å². The van der Waals surface area contributed by atoms with Crippen LogP contribution in [-0.2, 0) is 0 Å². The number of anilines is 1. The highest BCUT2D eigenvalue weighted by molar-refractivity contribution is 6.33. The number of carbonyl (C=O) groups excluding carboxylic acids is 1. The summed E-state index contributed by atoms with van der Waals surface area (Å²) in [5, 5.41) is 0.339. The number of pyridine rings is 1. The van der Waals surface area contributed by atoms with Gasteiger partial charge in [0.1, 0.15) is 5.82 Å². The Labute approximate surface area is 118 Å². The lowest BCUT2D eigenvalue weighted by atomic mass is 10.2. The van der Waals surface area contributed by atoms with Gasteiger partial charge in [-0.2, -0.15) is 0 Å². The molecular formula is C13H19ClN4O. The number of hydrogen-bond donors (Lipinski definition) is 1. The normalized spacial score (nSPS) is 19.6. The van der Waals surface area contributed by atoms with Crippen molar-refractivity contribution in [1.29, 1.82) is 0 Å². The van der Waals surface area contributed by atoms with E-state index in [0.717, 1.165) is 13.0 Å². The van der Waals surface area contributed by atoms with Gasteiger partial charge < -0.3 is 15.5 Å². The van der Waals surface area contributed by atoms with Crippen LogP contribution in [0.2, 0.25) is 5.02 Å². The Morgan fingerprint density at radius 3 is 3.05 bits per heavy atom. The fraction of sp³-hybridized carbons (Fsp3) is 0.538. The first-order valence-electron chi connectivity index (χ1n) is 6.35. The van der Waals surface area contributed by atoms with Gasteiger partial charge in [-0.15, -0.1) is 0 Å². The van der Waals surface area contributed by atoms with Crippen molar-refractivity contribution in [3.63, 3.8) is 0 Å². The quantitative estimate of drug-likeness (QED) is 0.912. The summed E-state index contributed by atoms with van der Waals surface area (Å²) in [7, 11) is 3.88. The van der Waals surface area contributed by atoms with Crippen molar-refractivity contribution in [2.45, 2.75) is 18.9 Å². The molecule has 19 heavy (non-hydrogen) atoms. The fourth-order valence-electron chi connectivity index (χ4n) is 2.43. The lowest BCUT2D eigenvalue weighted by Gasteiger charge is -2.26. The molecule has 1 amide bonds. The average molecular weight is 283 g/mol. The van der Waals surface area contributed by atoms with Crippen LogP contribution in [0.3, 0.4) is 0 Å². The number of aromatic nitrogens is 1. The molecule has 0 spiro atoms. The summed E-state index contributed by atoms with van der Waals surface area (Å²) < 4.78 is 0. The lowest BCUT2D eigenvalue weighted by molar-refractivity contribution is 0.0761. The van der Waals surface area contributed by atoms with E-state index >= 15 is 0 Å². The van der Waals surface area contributed by atoms with Crippen molar-refractivity contribution in [3.8, 4) is 0 Å². The third kappa shape index (κ3) is 3.16. The molecule has 1 unspecified atom stereocenters. The largest absolute Gasteiger partial charge is 0.384 e. The summed E-state index contributed by atoms with van der Waals surface area (Å²) in [5.41, 5.74) is 6.02. The first-order chi connectivity index (χ1) is 8.99. The van der Waals surface area contributed by atoms with Gasteiger partial charge in [0.2, 0.25) is 0 Å². The molecule has 0 bridgehead atoms. The molecule has 5 nitrogen and oxygen atoms in total. The Morgan fingerprint density at radius 1 is 1.68 bits per heavy atom. The summed E-state index contributed by atoms with van der Waals surface area (Å²) in [4.78, 5) is 20.2. The highest BCUT2D eigenvalue weighted by atomic mass is 35.5. The van der Waals surface area contributed by atoms with Crippen molar-refractivity contribution < 1.29 is 4.79 Å². The molecule has 1 atom stereocenters. The van der Waals surface area contributed by atoms with Crippen molar-refractivity contribution >= 4 is 23.3 Å². The van der Waals surface area contributed by atoms with E-state index in [1.807, 2.05) is 0 Å². The minimum absolute atomic E-state index is 0.112. The minimum Gasteiger partial charge on any atom is -0.384 e. The maximum Gasteiger partial charge on any atom is 0.255 e. The topological polar surface area (TPSA) is 62.5 Å². The highest BCUT2D eigenvalue weighted by Gasteiger charge is 2.25. The SMILES string of the molecule is CN(CC1CCCN1C)C(=O)c1cc(N)ncc1Cl. The second-order valence-corrected chi connectivity index (χ2v) is 5.46. The number of amides is 1. The van der Waals surface area contributed by atoms with Gasteiger partial charge in [0.15, 0.2) is 0 Å². The van der Waals surface area contributed by atoms with Gasteiger partial charge >= 0.3 is 0 Å². The Kier molecular flexibility index (Phi) is 4.27. The Bertz CT molecular complexity index is 480. The maximum atomic E-state index is 12.4. The molecule has 2 heterocycles. The van der Waals surface area contributed by atoms with Gasteiger partial charge in [-0.3, -0.25) is 4.79 Å². The van der Waals surface area contributed by atoms with Gasteiger partial charge in [0.25, 0.3) is 5.91 Å². The maximum absolute atomic E-state index is 12.4. The van der Waals surface area contributed by atoms with Crippen molar-refractivity contribution in [2.24, 2.45) is 0 Å². The van der Waals surface area contributed by atoms with Crippen LogP contribution >= 0.6 is 11.6 Å². The van der Waals surface area contributed by atoms with Crippen LogP contribution in [-0.4, -0.2) is 53.9 Å². The van der Waals surface area contributed by atoms with E-state index in [9.17, 15) is 4.79 Å². The van der Waals surface area contributed by atoms with E-state index in [2.05, 4.69) is 16.9 Å². The monoisotopic (exact) mass is 282 g/mol. The van der Waals surface area contributed by atoms with Crippen molar-refractivity contribution in [2.75, 3.05) is 32.9 Å². The second-order valence-electron chi connectivity index (χ2n) is 5.05. The Hall–Kier alpha value is -1.33. The van der Waals surface area contributed by atoms with E-state index in [1.165, 1.54) is 18.7 Å². The molecule has 0 radical (unpaired) electrons. The van der Waals surface area contributed by atoms with Gasteiger partial charge in [0, 0.05) is 25.8 Å². The van der Waals surface area contributed by atoms with Crippen LogP contribution in [0, 0.1) is 0 Å². The molecule has 104 valence electrons. The fourth-order valence-corrected chi connectivity index (χ4v) is 2.62. The van der Waals surface area contributed by atoms with Crippen molar-refractivity contribution in [3.05, 3.63) is 22.8 Å². The second kappa shape index (κ2) is 5.75.